The molecule has 0 spiro atoms. The SMILES string of the molecule is Cc1cc(N2C[C@H]3CCCN[C@H]3C2)nn2c(-c3ccncc3)c(-c3ccc(F)cc3)nc12. The summed E-state index contributed by atoms with van der Waals surface area (Å²) >= 11 is 0. The maximum absolute atomic E-state index is 13.6. The summed E-state index contributed by atoms with van der Waals surface area (Å²) in [7, 11) is 0. The van der Waals surface area contributed by atoms with E-state index in [0.29, 0.717) is 12.0 Å². The van der Waals surface area contributed by atoms with Crippen molar-refractivity contribution in [3.8, 4) is 22.5 Å². The van der Waals surface area contributed by atoms with Gasteiger partial charge >= 0.3 is 0 Å². The maximum Gasteiger partial charge on any atom is 0.158 e. The lowest BCUT2D eigenvalue weighted by atomic mass is 9.94. The summed E-state index contributed by atoms with van der Waals surface area (Å²) in [4.78, 5) is 11.5. The Kier molecular flexibility index (Phi) is 4.64. The summed E-state index contributed by atoms with van der Waals surface area (Å²) < 4.78 is 15.5. The molecule has 0 unspecified atom stereocenters. The number of pyridine rings is 1. The van der Waals surface area contributed by atoms with Crippen molar-refractivity contribution < 1.29 is 4.39 Å². The lowest BCUT2D eigenvalue weighted by molar-refractivity contribution is 0.340. The number of halogens is 1. The van der Waals surface area contributed by atoms with E-state index in [1.165, 1.54) is 25.0 Å². The van der Waals surface area contributed by atoms with E-state index in [1.807, 2.05) is 16.6 Å². The van der Waals surface area contributed by atoms with Crippen LogP contribution in [0.25, 0.3) is 28.2 Å². The van der Waals surface area contributed by atoms with Gasteiger partial charge in [-0.15, -0.1) is 5.10 Å². The number of aryl methyl sites for hydroxylation is 1. The minimum atomic E-state index is -0.260. The smallest absolute Gasteiger partial charge is 0.158 e. The van der Waals surface area contributed by atoms with E-state index in [-0.39, 0.29) is 5.82 Å². The molecule has 0 aliphatic carbocycles. The normalized spacial score (nSPS) is 20.6. The monoisotopic (exact) mass is 428 g/mol. The molecule has 0 radical (unpaired) electrons. The van der Waals surface area contributed by atoms with Gasteiger partial charge in [0.25, 0.3) is 0 Å². The molecular weight excluding hydrogens is 403 g/mol. The molecule has 32 heavy (non-hydrogen) atoms. The van der Waals surface area contributed by atoms with Crippen molar-refractivity contribution in [3.63, 3.8) is 0 Å². The second-order valence-corrected chi connectivity index (χ2v) is 8.84. The number of hydrogen-bond donors (Lipinski definition) is 1. The molecule has 0 saturated carbocycles. The van der Waals surface area contributed by atoms with Crippen LogP contribution in [0.1, 0.15) is 18.4 Å². The first kappa shape index (κ1) is 19.4. The number of imidazole rings is 1. The first-order chi connectivity index (χ1) is 15.7. The van der Waals surface area contributed by atoms with Gasteiger partial charge in [0.2, 0.25) is 0 Å². The molecule has 2 atom stereocenters. The van der Waals surface area contributed by atoms with E-state index in [9.17, 15) is 4.39 Å². The number of aromatic nitrogens is 4. The molecule has 6 nitrogen and oxygen atoms in total. The molecule has 2 fully saturated rings. The minimum absolute atomic E-state index is 0.260. The van der Waals surface area contributed by atoms with Crippen LogP contribution in [0.4, 0.5) is 10.2 Å². The number of fused-ring (bicyclic) bond motifs is 2. The predicted octanol–water partition coefficient (Wildman–Crippen LogP) is 4.09. The summed E-state index contributed by atoms with van der Waals surface area (Å²) in [5.41, 5.74) is 5.42. The lowest BCUT2D eigenvalue weighted by Gasteiger charge is -2.24. The van der Waals surface area contributed by atoms with Crippen LogP contribution >= 0.6 is 0 Å². The third-order valence-corrected chi connectivity index (χ3v) is 6.75. The molecule has 1 aromatic carbocycles. The highest BCUT2D eigenvalue weighted by Crippen LogP contribution is 2.35. The van der Waals surface area contributed by atoms with Crippen LogP contribution in [0.2, 0.25) is 0 Å². The Labute approximate surface area is 186 Å². The standard InChI is InChI=1S/C25H25FN6/c1-16-13-22(31-14-19-3-2-10-28-21(19)15-31)30-32-24(18-8-11-27-12-9-18)23(29-25(16)32)17-4-6-20(26)7-5-17/h4-9,11-13,19,21,28H,2-3,10,14-15H2,1H3/t19-,21+/m1/s1. The van der Waals surface area contributed by atoms with Crippen LogP contribution in [0.3, 0.4) is 0 Å². The quantitative estimate of drug-likeness (QED) is 0.533. The maximum atomic E-state index is 13.6. The summed E-state index contributed by atoms with van der Waals surface area (Å²) in [6, 6.07) is 13.1. The largest absolute Gasteiger partial charge is 0.353 e. The Morgan fingerprint density at radius 2 is 1.84 bits per heavy atom. The summed E-state index contributed by atoms with van der Waals surface area (Å²) in [6.45, 7) is 5.20. The highest BCUT2D eigenvalue weighted by molar-refractivity contribution is 5.82. The van der Waals surface area contributed by atoms with Crippen molar-refractivity contribution in [1.29, 1.82) is 0 Å². The molecular formula is C25H25FN6. The number of benzene rings is 1. The zero-order valence-electron chi connectivity index (χ0n) is 18.0. The average molecular weight is 429 g/mol. The molecule has 1 N–H and O–H groups in total. The van der Waals surface area contributed by atoms with Crippen LogP contribution in [0.15, 0.2) is 54.9 Å². The number of nitrogens with one attached hydrogen (secondary N) is 1. The first-order valence-corrected chi connectivity index (χ1v) is 11.2. The van der Waals surface area contributed by atoms with Gasteiger partial charge < -0.3 is 10.2 Å². The van der Waals surface area contributed by atoms with Crippen LogP contribution < -0.4 is 10.2 Å². The number of nitrogens with zero attached hydrogens (tertiary/aromatic N) is 5. The van der Waals surface area contributed by atoms with Crippen LogP contribution in [-0.4, -0.2) is 45.3 Å². The third-order valence-electron chi connectivity index (χ3n) is 6.75. The van der Waals surface area contributed by atoms with Crippen molar-refractivity contribution in [3.05, 3.63) is 66.2 Å². The van der Waals surface area contributed by atoms with Crippen molar-refractivity contribution in [1.82, 2.24) is 24.9 Å². The number of anilines is 1. The zero-order chi connectivity index (χ0) is 21.7. The Balaban J connectivity index is 1.52. The van der Waals surface area contributed by atoms with Gasteiger partial charge in [-0.1, -0.05) is 0 Å². The highest BCUT2D eigenvalue weighted by Gasteiger charge is 2.35. The lowest BCUT2D eigenvalue weighted by Crippen LogP contribution is -2.40. The topological polar surface area (TPSA) is 58.4 Å². The highest BCUT2D eigenvalue weighted by atomic mass is 19.1. The second-order valence-electron chi connectivity index (χ2n) is 8.84. The van der Waals surface area contributed by atoms with E-state index in [4.69, 9.17) is 10.1 Å². The fourth-order valence-corrected chi connectivity index (χ4v) is 5.12. The van der Waals surface area contributed by atoms with Gasteiger partial charge in [-0.05, 0) is 80.3 Å². The van der Waals surface area contributed by atoms with Crippen LogP contribution in [-0.2, 0) is 0 Å². The van der Waals surface area contributed by atoms with Crippen LogP contribution in [0, 0.1) is 18.7 Å². The van der Waals surface area contributed by atoms with Gasteiger partial charge in [0.05, 0.1) is 5.69 Å². The fourth-order valence-electron chi connectivity index (χ4n) is 5.12. The molecule has 3 aromatic heterocycles. The zero-order valence-corrected chi connectivity index (χ0v) is 18.0. The van der Waals surface area contributed by atoms with E-state index in [1.54, 1.807) is 24.5 Å². The Morgan fingerprint density at radius 1 is 1.03 bits per heavy atom. The number of hydrogen-bond acceptors (Lipinski definition) is 5. The van der Waals surface area contributed by atoms with E-state index in [2.05, 4.69) is 28.2 Å². The Morgan fingerprint density at radius 3 is 2.62 bits per heavy atom. The van der Waals surface area contributed by atoms with Gasteiger partial charge in [-0.2, -0.15) is 0 Å². The summed E-state index contributed by atoms with van der Waals surface area (Å²) in [6.07, 6.45) is 6.07. The van der Waals surface area contributed by atoms with Crippen molar-refractivity contribution >= 4 is 11.5 Å². The molecule has 7 heteroatoms. The minimum Gasteiger partial charge on any atom is -0.353 e. The van der Waals surface area contributed by atoms with Gasteiger partial charge in [0, 0.05) is 42.7 Å². The van der Waals surface area contributed by atoms with Crippen molar-refractivity contribution in [2.75, 3.05) is 24.5 Å². The molecule has 6 rings (SSSR count). The van der Waals surface area contributed by atoms with Crippen molar-refractivity contribution in [2.45, 2.75) is 25.8 Å². The second kappa shape index (κ2) is 7.67. The van der Waals surface area contributed by atoms with Crippen LogP contribution in [0.5, 0.6) is 0 Å². The van der Waals surface area contributed by atoms with E-state index >= 15 is 0 Å². The third kappa shape index (κ3) is 3.24. The molecule has 2 aliphatic heterocycles. The van der Waals surface area contributed by atoms with Crippen molar-refractivity contribution in [2.24, 2.45) is 5.92 Å². The van der Waals surface area contributed by atoms with Gasteiger partial charge in [0.15, 0.2) is 5.65 Å². The average Bonchev–Trinajstić information content (AvgIpc) is 3.42. The number of rotatable bonds is 3. The van der Waals surface area contributed by atoms with E-state index < -0.39 is 0 Å². The molecule has 0 bridgehead atoms. The first-order valence-electron chi connectivity index (χ1n) is 11.2. The Bertz CT molecular complexity index is 1250. The molecule has 162 valence electrons. The van der Waals surface area contributed by atoms with Gasteiger partial charge in [-0.25, -0.2) is 13.9 Å². The Hall–Kier alpha value is -3.32. The molecule has 0 amide bonds. The fraction of sp³-hybridized carbons (Fsp3) is 0.320. The summed E-state index contributed by atoms with van der Waals surface area (Å²) in [5.74, 6) is 1.40. The summed E-state index contributed by atoms with van der Waals surface area (Å²) in [5, 5.41) is 8.75. The van der Waals surface area contributed by atoms with Gasteiger partial charge in [0.1, 0.15) is 17.3 Å². The van der Waals surface area contributed by atoms with E-state index in [0.717, 1.165) is 59.2 Å². The number of piperidine rings is 1. The van der Waals surface area contributed by atoms with Gasteiger partial charge in [-0.3, -0.25) is 4.98 Å². The molecule has 5 heterocycles. The molecule has 2 aliphatic rings. The predicted molar refractivity (Wildman–Crippen MR) is 123 cm³/mol. The molecule has 4 aromatic rings. The molecule has 2 saturated heterocycles.